The van der Waals surface area contributed by atoms with Crippen LogP contribution in [0.25, 0.3) is 0 Å². The first-order valence-corrected chi connectivity index (χ1v) is 10.8. The van der Waals surface area contributed by atoms with Gasteiger partial charge in [-0.1, -0.05) is 11.6 Å². The van der Waals surface area contributed by atoms with Gasteiger partial charge in [0.15, 0.2) is 6.61 Å². The van der Waals surface area contributed by atoms with Crippen molar-refractivity contribution in [3.05, 3.63) is 52.9 Å². The molecule has 3 rings (SSSR count). The molecule has 1 aromatic heterocycles. The van der Waals surface area contributed by atoms with Crippen molar-refractivity contribution in [1.29, 1.82) is 0 Å². The van der Waals surface area contributed by atoms with Crippen LogP contribution in [0.2, 0.25) is 5.02 Å². The lowest BCUT2D eigenvalue weighted by Crippen LogP contribution is -2.31. The van der Waals surface area contributed by atoms with Crippen molar-refractivity contribution in [2.24, 2.45) is 0 Å². The van der Waals surface area contributed by atoms with Gasteiger partial charge >= 0.3 is 5.97 Å². The molecule has 0 radical (unpaired) electrons. The van der Waals surface area contributed by atoms with Crippen LogP contribution in [0.3, 0.4) is 0 Å². The lowest BCUT2D eigenvalue weighted by molar-refractivity contribution is -0.133. The first-order valence-electron chi connectivity index (χ1n) is 9.02. The second kappa shape index (κ2) is 8.98. The smallest absolute Gasteiger partial charge is 0.338 e. The number of hydrogen-bond donors (Lipinski definition) is 0. The summed E-state index contributed by atoms with van der Waals surface area (Å²) in [6.45, 7) is 0.600. The van der Waals surface area contributed by atoms with E-state index in [9.17, 15) is 18.0 Å². The number of amides is 1. The molecule has 0 N–H and O–H groups in total. The Bertz CT molecular complexity index is 984. The topological polar surface area (TPSA) is 97.1 Å². The van der Waals surface area contributed by atoms with Gasteiger partial charge in [0.1, 0.15) is 10.7 Å². The molecule has 156 valence electrons. The number of likely N-dealkylation sites (N-methyl/N-ethyl adjacent to an activating group) is 1. The number of halogens is 1. The molecule has 29 heavy (non-hydrogen) atoms. The zero-order valence-corrected chi connectivity index (χ0v) is 17.4. The summed E-state index contributed by atoms with van der Waals surface area (Å²) in [5.41, 5.74) is 0.00802. The van der Waals surface area contributed by atoms with Crippen LogP contribution in [-0.2, 0) is 26.1 Å². The zero-order chi connectivity index (χ0) is 21.0. The molecule has 8 nitrogen and oxygen atoms in total. The van der Waals surface area contributed by atoms with E-state index in [1.807, 2.05) is 0 Å². The average molecular weight is 441 g/mol. The molecule has 1 saturated heterocycles. The van der Waals surface area contributed by atoms with Gasteiger partial charge in [0, 0.05) is 20.1 Å². The number of hydrogen-bond acceptors (Lipinski definition) is 6. The standard InChI is InChI=1S/C19H21ClN2O6S/c1-21(12-15-5-4-10-27-15)18(23)13-28-19(24)14-6-7-16(20)17(11-14)29(25,26)22-8-2-3-9-22/h4-7,10-11H,2-3,8-9,12-13H2,1H3. The van der Waals surface area contributed by atoms with Gasteiger partial charge in [-0.2, -0.15) is 4.31 Å². The predicted octanol–water partition coefficient (Wildman–Crippen LogP) is 2.53. The molecule has 1 amide bonds. The Morgan fingerprint density at radius 3 is 2.62 bits per heavy atom. The lowest BCUT2D eigenvalue weighted by atomic mass is 10.2. The fourth-order valence-electron chi connectivity index (χ4n) is 2.94. The summed E-state index contributed by atoms with van der Waals surface area (Å²) >= 11 is 6.07. The molecule has 0 spiro atoms. The lowest BCUT2D eigenvalue weighted by Gasteiger charge is -2.17. The zero-order valence-electron chi connectivity index (χ0n) is 15.8. The number of sulfonamides is 1. The van der Waals surface area contributed by atoms with Gasteiger partial charge < -0.3 is 14.1 Å². The van der Waals surface area contributed by atoms with Crippen molar-refractivity contribution in [2.75, 3.05) is 26.7 Å². The number of rotatable bonds is 7. The summed E-state index contributed by atoms with van der Waals surface area (Å²) in [6.07, 6.45) is 3.07. The molecule has 0 unspecified atom stereocenters. The van der Waals surface area contributed by atoms with E-state index in [0.717, 1.165) is 12.8 Å². The first-order chi connectivity index (χ1) is 13.8. The maximum Gasteiger partial charge on any atom is 0.338 e. The van der Waals surface area contributed by atoms with Crippen LogP contribution >= 0.6 is 11.6 Å². The predicted molar refractivity (Wildman–Crippen MR) is 105 cm³/mol. The third-order valence-corrected chi connectivity index (χ3v) is 6.96. The van der Waals surface area contributed by atoms with E-state index in [0.29, 0.717) is 18.8 Å². The Hall–Kier alpha value is -2.36. The molecule has 1 aliphatic rings. The summed E-state index contributed by atoms with van der Waals surface area (Å²) in [6, 6.07) is 7.33. The third kappa shape index (κ3) is 4.98. The van der Waals surface area contributed by atoms with Gasteiger partial charge in [-0.3, -0.25) is 4.79 Å². The van der Waals surface area contributed by atoms with Crippen LogP contribution in [0.5, 0.6) is 0 Å². The highest BCUT2D eigenvalue weighted by Gasteiger charge is 2.30. The van der Waals surface area contributed by atoms with Crippen LogP contribution in [0.1, 0.15) is 29.0 Å². The Kier molecular flexibility index (Phi) is 6.61. The average Bonchev–Trinajstić information content (AvgIpc) is 3.40. The SMILES string of the molecule is CN(Cc1ccco1)C(=O)COC(=O)c1ccc(Cl)c(S(=O)(=O)N2CCCC2)c1. The number of ether oxygens (including phenoxy) is 1. The molecule has 1 fully saturated rings. The minimum atomic E-state index is -3.79. The van der Waals surface area contributed by atoms with Crippen molar-refractivity contribution >= 4 is 33.5 Å². The van der Waals surface area contributed by atoms with Crippen molar-refractivity contribution in [3.63, 3.8) is 0 Å². The highest BCUT2D eigenvalue weighted by atomic mass is 35.5. The van der Waals surface area contributed by atoms with Gasteiger partial charge in [0.2, 0.25) is 10.0 Å². The van der Waals surface area contributed by atoms with Gasteiger partial charge in [0.25, 0.3) is 5.91 Å². The van der Waals surface area contributed by atoms with E-state index in [4.69, 9.17) is 20.8 Å². The molecule has 2 heterocycles. The maximum absolute atomic E-state index is 12.8. The number of benzene rings is 1. The van der Waals surface area contributed by atoms with E-state index in [1.54, 1.807) is 19.2 Å². The summed E-state index contributed by atoms with van der Waals surface area (Å²) < 4.78 is 37.1. The normalized spacial score (nSPS) is 14.7. The molecule has 0 bridgehead atoms. The molecule has 0 atom stereocenters. The van der Waals surface area contributed by atoms with E-state index in [-0.39, 0.29) is 22.0 Å². The summed E-state index contributed by atoms with van der Waals surface area (Å²) in [7, 11) is -2.23. The number of furan rings is 1. The van der Waals surface area contributed by atoms with Crippen LogP contribution in [-0.4, -0.2) is 56.2 Å². The van der Waals surface area contributed by atoms with Crippen molar-refractivity contribution in [1.82, 2.24) is 9.21 Å². The Morgan fingerprint density at radius 2 is 1.97 bits per heavy atom. The molecule has 0 saturated carbocycles. The van der Waals surface area contributed by atoms with E-state index >= 15 is 0 Å². The second-order valence-electron chi connectivity index (χ2n) is 6.66. The Balaban J connectivity index is 1.66. The van der Waals surface area contributed by atoms with Gasteiger partial charge in [-0.15, -0.1) is 0 Å². The number of carbonyl (C=O) groups is 2. The van der Waals surface area contributed by atoms with Crippen molar-refractivity contribution in [3.8, 4) is 0 Å². The molecule has 1 aliphatic heterocycles. The van der Waals surface area contributed by atoms with Crippen LogP contribution in [0, 0.1) is 0 Å². The minimum absolute atomic E-state index is 0.00802. The second-order valence-corrected chi connectivity index (χ2v) is 8.98. The minimum Gasteiger partial charge on any atom is -0.467 e. The summed E-state index contributed by atoms with van der Waals surface area (Å²) in [5, 5.41) is 0.0303. The first kappa shape index (κ1) is 21.4. The van der Waals surface area contributed by atoms with E-state index in [1.165, 1.54) is 33.7 Å². The van der Waals surface area contributed by atoms with Gasteiger partial charge in [-0.05, 0) is 43.2 Å². The molecule has 0 aliphatic carbocycles. The number of carbonyl (C=O) groups excluding carboxylic acids is 2. The molecule has 10 heteroatoms. The third-order valence-electron chi connectivity index (χ3n) is 4.58. The van der Waals surface area contributed by atoms with E-state index in [2.05, 4.69) is 0 Å². The van der Waals surface area contributed by atoms with Crippen molar-refractivity contribution in [2.45, 2.75) is 24.3 Å². The molecule has 2 aromatic rings. The van der Waals surface area contributed by atoms with Gasteiger partial charge in [0.05, 0.1) is 23.4 Å². The maximum atomic E-state index is 12.8. The monoisotopic (exact) mass is 440 g/mol. The highest BCUT2D eigenvalue weighted by molar-refractivity contribution is 7.89. The van der Waals surface area contributed by atoms with Crippen LogP contribution in [0.4, 0.5) is 0 Å². The fourth-order valence-corrected chi connectivity index (χ4v) is 4.96. The fraction of sp³-hybridized carbons (Fsp3) is 0.368. The van der Waals surface area contributed by atoms with Gasteiger partial charge in [-0.25, -0.2) is 13.2 Å². The number of esters is 1. The van der Waals surface area contributed by atoms with Crippen LogP contribution < -0.4 is 0 Å². The summed E-state index contributed by atoms with van der Waals surface area (Å²) in [4.78, 5) is 25.7. The Morgan fingerprint density at radius 1 is 1.24 bits per heavy atom. The molecular formula is C19H21ClN2O6S. The van der Waals surface area contributed by atoms with E-state index < -0.39 is 28.5 Å². The molecular weight excluding hydrogens is 420 g/mol. The Labute approximate surface area is 174 Å². The highest BCUT2D eigenvalue weighted by Crippen LogP contribution is 2.28. The van der Waals surface area contributed by atoms with Crippen molar-refractivity contribution < 1.29 is 27.2 Å². The number of nitrogens with zero attached hydrogens (tertiary/aromatic N) is 2. The molecule has 1 aromatic carbocycles. The van der Waals surface area contributed by atoms with Crippen LogP contribution in [0.15, 0.2) is 45.9 Å². The summed E-state index contributed by atoms with van der Waals surface area (Å²) in [5.74, 6) is -0.630. The largest absolute Gasteiger partial charge is 0.467 e. The quantitative estimate of drug-likeness (QED) is 0.614.